The molecule has 0 amide bonds. The summed E-state index contributed by atoms with van der Waals surface area (Å²) in [5.74, 6) is -0.814. The molecule has 84 heavy (non-hydrogen) atoms. The summed E-state index contributed by atoms with van der Waals surface area (Å²) in [7, 11) is 1.18. The standard InChI is InChI=1S/C74H140NO8P/c1-6-8-10-12-14-16-18-20-22-24-26-28-30-32-34-36-37-39-41-43-45-47-49-51-53-55-57-59-61-63-65-67-74(77)83-72(71-82-84(78,79)81-69-68-75(3,4)5)70-80-73(76)66-64-62-60-58-56-54-52-50-48-46-44-42-40-38-35-33-31-29-27-25-23-21-19-17-15-13-11-9-7-2/h18,20,24-27,30,32,72H,6-17,19,21-23,28-29,31,33-71H2,1-5H3/b20-18-,26-24-,27-25-,32-30-. The van der Waals surface area contributed by atoms with Gasteiger partial charge in [-0.15, -0.1) is 0 Å². The van der Waals surface area contributed by atoms with Gasteiger partial charge in [-0.2, -0.15) is 0 Å². The molecule has 0 aliphatic rings. The molecule has 494 valence electrons. The zero-order chi connectivity index (χ0) is 61.2. The maximum absolute atomic E-state index is 12.9. The number of unbranched alkanes of at least 4 members (excludes halogenated alkanes) is 46. The zero-order valence-corrected chi connectivity index (χ0v) is 57.3. The number of hydrogen-bond donors (Lipinski definition) is 0. The first-order valence-electron chi connectivity index (χ1n) is 36.3. The van der Waals surface area contributed by atoms with Crippen LogP contribution in [0.2, 0.25) is 0 Å². The van der Waals surface area contributed by atoms with E-state index in [1.807, 2.05) is 21.1 Å². The minimum absolute atomic E-state index is 0.0291. The van der Waals surface area contributed by atoms with Gasteiger partial charge < -0.3 is 27.9 Å². The molecule has 0 N–H and O–H groups in total. The second kappa shape index (κ2) is 65.4. The molecule has 0 radical (unpaired) electrons. The van der Waals surface area contributed by atoms with E-state index in [-0.39, 0.29) is 32.0 Å². The number of phosphoric acid groups is 1. The van der Waals surface area contributed by atoms with Crippen molar-refractivity contribution < 1.29 is 42.1 Å². The first kappa shape index (κ1) is 82.0. The van der Waals surface area contributed by atoms with Crippen LogP contribution in [0.3, 0.4) is 0 Å². The highest BCUT2D eigenvalue weighted by molar-refractivity contribution is 7.45. The Kier molecular flexibility index (Phi) is 63.8. The quantitative estimate of drug-likeness (QED) is 0.0195. The maximum Gasteiger partial charge on any atom is 0.306 e. The van der Waals surface area contributed by atoms with E-state index in [1.165, 1.54) is 276 Å². The van der Waals surface area contributed by atoms with Gasteiger partial charge in [-0.25, -0.2) is 0 Å². The Balaban J connectivity index is 4.00. The maximum atomic E-state index is 12.9. The highest BCUT2D eigenvalue weighted by Crippen LogP contribution is 2.38. The molecule has 0 aromatic heterocycles. The number of carbonyl (C=O) groups is 2. The van der Waals surface area contributed by atoms with Gasteiger partial charge >= 0.3 is 11.9 Å². The van der Waals surface area contributed by atoms with E-state index < -0.39 is 26.5 Å². The van der Waals surface area contributed by atoms with Gasteiger partial charge in [-0.05, 0) is 77.0 Å². The first-order chi connectivity index (χ1) is 41.0. The number of quaternary nitrogens is 1. The van der Waals surface area contributed by atoms with Gasteiger partial charge in [0.2, 0.25) is 0 Å². The van der Waals surface area contributed by atoms with Crippen molar-refractivity contribution in [2.24, 2.45) is 0 Å². The molecule has 0 fully saturated rings. The topological polar surface area (TPSA) is 111 Å². The molecule has 0 rings (SSSR count). The number of likely N-dealkylation sites (N-methyl/N-ethyl adjacent to an activating group) is 1. The molecule has 0 heterocycles. The van der Waals surface area contributed by atoms with Crippen molar-refractivity contribution in [2.45, 2.75) is 367 Å². The van der Waals surface area contributed by atoms with Crippen molar-refractivity contribution in [3.8, 4) is 0 Å². The van der Waals surface area contributed by atoms with Crippen molar-refractivity contribution >= 4 is 19.8 Å². The molecule has 0 bridgehead atoms. The molecule has 0 aliphatic heterocycles. The molecular formula is C74H140NO8P. The van der Waals surface area contributed by atoms with Crippen molar-refractivity contribution in [2.75, 3.05) is 47.5 Å². The molecule has 10 heteroatoms. The van der Waals surface area contributed by atoms with Crippen LogP contribution in [0, 0.1) is 0 Å². The third-order valence-electron chi connectivity index (χ3n) is 16.3. The monoisotopic (exact) mass is 1200 g/mol. The van der Waals surface area contributed by atoms with Crippen molar-refractivity contribution in [3.05, 3.63) is 48.6 Å². The van der Waals surface area contributed by atoms with Crippen LogP contribution in [0.1, 0.15) is 361 Å². The molecule has 0 aromatic carbocycles. The van der Waals surface area contributed by atoms with Crippen LogP contribution in [-0.2, 0) is 32.7 Å². The lowest BCUT2D eigenvalue weighted by Gasteiger charge is -2.28. The fraction of sp³-hybridized carbons (Fsp3) is 0.865. The van der Waals surface area contributed by atoms with Crippen LogP contribution in [-0.4, -0.2) is 70.0 Å². The Hall–Kier alpha value is -2.03. The molecule has 0 saturated carbocycles. The fourth-order valence-corrected chi connectivity index (χ4v) is 11.5. The normalized spacial score (nSPS) is 13.4. The summed E-state index contributed by atoms with van der Waals surface area (Å²) >= 11 is 0. The molecule has 0 aliphatic carbocycles. The summed E-state index contributed by atoms with van der Waals surface area (Å²) in [6, 6.07) is 0. The van der Waals surface area contributed by atoms with Crippen LogP contribution in [0.4, 0.5) is 0 Å². The van der Waals surface area contributed by atoms with Crippen LogP contribution >= 0.6 is 7.82 Å². The highest BCUT2D eigenvalue weighted by Gasteiger charge is 2.22. The number of ether oxygens (including phenoxy) is 2. The lowest BCUT2D eigenvalue weighted by atomic mass is 10.0. The number of carbonyl (C=O) groups excluding carboxylic acids is 2. The van der Waals surface area contributed by atoms with E-state index in [9.17, 15) is 19.0 Å². The summed E-state index contributed by atoms with van der Waals surface area (Å²) < 4.78 is 34.4. The second-order valence-corrected chi connectivity index (χ2v) is 27.4. The number of hydrogen-bond acceptors (Lipinski definition) is 8. The summed E-state index contributed by atoms with van der Waals surface area (Å²) in [6.07, 6.45) is 84.9. The van der Waals surface area contributed by atoms with Gasteiger partial charge in [0.25, 0.3) is 7.82 Å². The smallest absolute Gasteiger partial charge is 0.306 e. The molecule has 2 unspecified atom stereocenters. The van der Waals surface area contributed by atoms with Crippen LogP contribution < -0.4 is 4.89 Å². The number of nitrogens with zero attached hydrogens (tertiary/aromatic N) is 1. The Morgan fingerprint density at radius 2 is 0.643 bits per heavy atom. The van der Waals surface area contributed by atoms with Gasteiger partial charge in [0.1, 0.15) is 19.8 Å². The number of phosphoric ester groups is 1. The molecule has 0 spiro atoms. The van der Waals surface area contributed by atoms with E-state index >= 15 is 0 Å². The van der Waals surface area contributed by atoms with Gasteiger partial charge in [0, 0.05) is 12.8 Å². The van der Waals surface area contributed by atoms with Crippen molar-refractivity contribution in [3.63, 3.8) is 0 Å². The largest absolute Gasteiger partial charge is 0.756 e. The Morgan fingerprint density at radius 1 is 0.369 bits per heavy atom. The third kappa shape index (κ3) is 69.1. The van der Waals surface area contributed by atoms with Crippen LogP contribution in [0.5, 0.6) is 0 Å². The second-order valence-electron chi connectivity index (χ2n) is 26.0. The Labute approximate surface area is 522 Å². The van der Waals surface area contributed by atoms with E-state index in [0.717, 1.165) is 51.4 Å². The lowest BCUT2D eigenvalue weighted by Crippen LogP contribution is -2.37. The van der Waals surface area contributed by atoms with E-state index in [0.29, 0.717) is 17.4 Å². The molecular weight excluding hydrogens is 1060 g/mol. The zero-order valence-electron chi connectivity index (χ0n) is 56.4. The van der Waals surface area contributed by atoms with Gasteiger partial charge in [-0.1, -0.05) is 319 Å². The van der Waals surface area contributed by atoms with Crippen LogP contribution in [0.15, 0.2) is 48.6 Å². The van der Waals surface area contributed by atoms with Gasteiger partial charge in [-0.3, -0.25) is 14.2 Å². The Morgan fingerprint density at radius 3 is 0.964 bits per heavy atom. The van der Waals surface area contributed by atoms with Gasteiger partial charge in [0.05, 0.1) is 27.7 Å². The third-order valence-corrected chi connectivity index (χ3v) is 17.3. The summed E-state index contributed by atoms with van der Waals surface area (Å²) in [5.41, 5.74) is 0. The van der Waals surface area contributed by atoms with E-state index in [4.69, 9.17) is 18.5 Å². The number of allylic oxidation sites excluding steroid dienone is 8. The predicted molar refractivity (Wildman–Crippen MR) is 360 cm³/mol. The molecule has 0 saturated heterocycles. The van der Waals surface area contributed by atoms with Crippen molar-refractivity contribution in [1.82, 2.24) is 0 Å². The first-order valence-corrected chi connectivity index (χ1v) is 37.8. The average molecular weight is 1200 g/mol. The summed E-state index contributed by atoms with van der Waals surface area (Å²) in [4.78, 5) is 38.1. The summed E-state index contributed by atoms with van der Waals surface area (Å²) in [6.45, 7) is 4.29. The predicted octanol–water partition coefficient (Wildman–Crippen LogP) is 23.0. The minimum atomic E-state index is -4.64. The summed E-state index contributed by atoms with van der Waals surface area (Å²) in [5, 5.41) is 0. The highest BCUT2D eigenvalue weighted by atomic mass is 31.2. The minimum Gasteiger partial charge on any atom is -0.756 e. The average Bonchev–Trinajstić information content (AvgIpc) is 3.61. The van der Waals surface area contributed by atoms with Crippen molar-refractivity contribution in [1.29, 1.82) is 0 Å². The van der Waals surface area contributed by atoms with Gasteiger partial charge in [0.15, 0.2) is 6.10 Å². The molecule has 9 nitrogen and oxygen atoms in total. The SMILES string of the molecule is CCCCCCC/C=C\C/C=C\C/C=C\CCCCCCCCCCCCCCCCCCC(=O)OC(COC(=O)CCCCCCCCCCCCCCCCCCC/C=C\CCCCCCCCCC)COP(=O)([O-])OCC[N+](C)(C)C. The molecule has 2 atom stereocenters. The van der Waals surface area contributed by atoms with E-state index in [2.05, 4.69) is 62.5 Å². The van der Waals surface area contributed by atoms with E-state index in [1.54, 1.807) is 0 Å². The lowest BCUT2D eigenvalue weighted by molar-refractivity contribution is -0.870. The molecule has 0 aromatic rings. The fourth-order valence-electron chi connectivity index (χ4n) is 10.7. The number of esters is 2. The van der Waals surface area contributed by atoms with Crippen LogP contribution in [0.25, 0.3) is 0 Å². The Bertz CT molecular complexity index is 1560. The number of rotatable bonds is 68.